The Labute approximate surface area is 131 Å². The Balaban J connectivity index is 2.07. The molecule has 1 heterocycles. The fraction of sp³-hybridized carbons (Fsp3) is 0.286. The molecule has 6 nitrogen and oxygen atoms in total. The molecule has 8 heteroatoms. The molecule has 3 N–H and O–H groups in total. The predicted octanol–water partition coefficient (Wildman–Crippen LogP) is 2.45. The average Bonchev–Trinajstić information content (AvgIpc) is 2.80. The summed E-state index contributed by atoms with van der Waals surface area (Å²) in [6.45, 7) is 2.30. The number of ether oxygens (including phenoxy) is 2. The Morgan fingerprint density at radius 1 is 1.45 bits per heavy atom. The van der Waals surface area contributed by atoms with E-state index in [1.807, 2.05) is 0 Å². The fourth-order valence-electron chi connectivity index (χ4n) is 1.79. The second-order valence-corrected chi connectivity index (χ2v) is 5.25. The van der Waals surface area contributed by atoms with E-state index in [0.717, 1.165) is 11.5 Å². The maximum Gasteiger partial charge on any atom is 0.260 e. The highest BCUT2D eigenvalue weighted by atomic mass is 32.1. The maximum atomic E-state index is 13.9. The molecule has 0 aliphatic rings. The third kappa shape index (κ3) is 3.71. The second-order valence-electron chi connectivity index (χ2n) is 4.45. The highest BCUT2D eigenvalue weighted by Crippen LogP contribution is 2.24. The molecule has 1 aromatic carbocycles. The number of hydrogen-bond donors (Lipinski definition) is 2. The minimum absolute atomic E-state index is 0.0999. The van der Waals surface area contributed by atoms with Crippen LogP contribution in [0.25, 0.3) is 0 Å². The van der Waals surface area contributed by atoms with Crippen molar-refractivity contribution in [3.8, 4) is 5.75 Å². The number of carbonyl (C=O) groups excluding carboxylic acids is 1. The summed E-state index contributed by atoms with van der Waals surface area (Å²) in [5.41, 5.74) is 6.87. The zero-order valence-corrected chi connectivity index (χ0v) is 13.0. The highest BCUT2D eigenvalue weighted by molar-refractivity contribution is 7.10. The summed E-state index contributed by atoms with van der Waals surface area (Å²) in [6.07, 6.45) is 0. The average molecular weight is 325 g/mol. The molecule has 0 fully saturated rings. The molecule has 1 amide bonds. The Morgan fingerprint density at radius 3 is 2.82 bits per heavy atom. The summed E-state index contributed by atoms with van der Waals surface area (Å²) in [7, 11) is 1.53. The number of amides is 1. The van der Waals surface area contributed by atoms with Gasteiger partial charge in [0.2, 0.25) is 0 Å². The van der Waals surface area contributed by atoms with Gasteiger partial charge in [0.05, 0.1) is 17.9 Å². The molecule has 2 rings (SSSR count). The van der Waals surface area contributed by atoms with Crippen LogP contribution in [0.2, 0.25) is 0 Å². The Bertz CT molecular complexity index is 656. The molecule has 0 bridgehead atoms. The first-order chi connectivity index (χ1) is 10.5. The van der Waals surface area contributed by atoms with E-state index in [9.17, 15) is 9.18 Å². The van der Waals surface area contributed by atoms with Gasteiger partial charge in [-0.3, -0.25) is 4.79 Å². The number of halogens is 1. The molecule has 118 valence electrons. The molecule has 0 aliphatic heterocycles. The van der Waals surface area contributed by atoms with Crippen molar-refractivity contribution in [1.82, 2.24) is 4.37 Å². The van der Waals surface area contributed by atoms with Crippen LogP contribution in [0.4, 0.5) is 15.1 Å². The van der Waals surface area contributed by atoms with E-state index in [0.29, 0.717) is 28.6 Å². The van der Waals surface area contributed by atoms with Crippen molar-refractivity contribution >= 4 is 28.1 Å². The van der Waals surface area contributed by atoms with Gasteiger partial charge < -0.3 is 20.5 Å². The van der Waals surface area contributed by atoms with Crippen LogP contribution < -0.4 is 15.8 Å². The smallest absolute Gasteiger partial charge is 0.260 e. The third-order valence-electron chi connectivity index (χ3n) is 2.85. The number of benzene rings is 1. The summed E-state index contributed by atoms with van der Waals surface area (Å²) in [5, 5.41) is 2.92. The summed E-state index contributed by atoms with van der Waals surface area (Å²) < 4.78 is 27.9. The van der Waals surface area contributed by atoms with E-state index in [2.05, 4.69) is 9.69 Å². The topological polar surface area (TPSA) is 86.5 Å². The van der Waals surface area contributed by atoms with Crippen LogP contribution >= 0.6 is 11.5 Å². The SMILES string of the molecule is COCCOc1ccc(NC(=O)c2c(C)nsc2N)cc1F. The van der Waals surface area contributed by atoms with E-state index >= 15 is 0 Å². The van der Waals surface area contributed by atoms with Crippen LogP contribution in [0, 0.1) is 12.7 Å². The molecular formula is C14H16FN3O3S. The van der Waals surface area contributed by atoms with E-state index in [-0.39, 0.29) is 12.4 Å². The van der Waals surface area contributed by atoms with Gasteiger partial charge in [0.25, 0.3) is 5.91 Å². The lowest BCUT2D eigenvalue weighted by molar-refractivity contribution is 0.102. The normalized spacial score (nSPS) is 10.5. The molecule has 0 saturated carbocycles. The molecule has 0 aliphatic carbocycles. The number of methoxy groups -OCH3 is 1. The van der Waals surface area contributed by atoms with Gasteiger partial charge in [-0.2, -0.15) is 4.37 Å². The second kappa shape index (κ2) is 7.19. The predicted molar refractivity (Wildman–Crippen MR) is 83.0 cm³/mol. The van der Waals surface area contributed by atoms with Crippen LogP contribution in [0.1, 0.15) is 16.1 Å². The number of nitrogens with two attached hydrogens (primary N) is 1. The van der Waals surface area contributed by atoms with Gasteiger partial charge in [-0.05, 0) is 30.6 Å². The first kappa shape index (κ1) is 16.2. The van der Waals surface area contributed by atoms with Gasteiger partial charge >= 0.3 is 0 Å². The van der Waals surface area contributed by atoms with Crippen molar-refractivity contribution in [3.63, 3.8) is 0 Å². The molecule has 0 spiro atoms. The molecule has 0 saturated heterocycles. The van der Waals surface area contributed by atoms with Crippen molar-refractivity contribution in [1.29, 1.82) is 0 Å². The largest absolute Gasteiger partial charge is 0.488 e. The van der Waals surface area contributed by atoms with Gasteiger partial charge in [-0.15, -0.1) is 0 Å². The molecule has 0 radical (unpaired) electrons. The quantitative estimate of drug-likeness (QED) is 0.797. The molecule has 2 aromatic rings. The minimum atomic E-state index is -0.568. The number of rotatable bonds is 6. The molecule has 0 unspecified atom stereocenters. The number of anilines is 2. The first-order valence-corrected chi connectivity index (χ1v) is 7.24. The lowest BCUT2D eigenvalue weighted by Crippen LogP contribution is -2.14. The van der Waals surface area contributed by atoms with Gasteiger partial charge in [0, 0.05) is 18.9 Å². The fourth-order valence-corrected chi connectivity index (χ4v) is 2.45. The number of aryl methyl sites for hydroxylation is 1. The van der Waals surface area contributed by atoms with Gasteiger partial charge in [0.1, 0.15) is 11.6 Å². The van der Waals surface area contributed by atoms with Crippen LogP contribution in [0.15, 0.2) is 18.2 Å². The Kier molecular flexibility index (Phi) is 5.29. The van der Waals surface area contributed by atoms with Crippen molar-refractivity contribution in [2.75, 3.05) is 31.4 Å². The molecular weight excluding hydrogens is 309 g/mol. The number of nitrogens with one attached hydrogen (secondary N) is 1. The number of nitrogens with zero attached hydrogens (tertiary/aromatic N) is 1. The van der Waals surface area contributed by atoms with Crippen molar-refractivity contribution < 1.29 is 18.7 Å². The zero-order chi connectivity index (χ0) is 16.1. The minimum Gasteiger partial charge on any atom is -0.488 e. The Morgan fingerprint density at radius 2 is 2.23 bits per heavy atom. The summed E-state index contributed by atoms with van der Waals surface area (Å²) >= 11 is 1.05. The molecule has 1 aromatic heterocycles. The van der Waals surface area contributed by atoms with E-state index in [4.69, 9.17) is 15.2 Å². The Hall–Kier alpha value is -2.19. The molecule has 22 heavy (non-hydrogen) atoms. The van der Waals surface area contributed by atoms with Crippen LogP contribution in [-0.4, -0.2) is 30.6 Å². The number of hydrogen-bond acceptors (Lipinski definition) is 6. The number of nitrogen functional groups attached to an aromatic ring is 1. The van der Waals surface area contributed by atoms with Crippen LogP contribution in [0.3, 0.4) is 0 Å². The summed E-state index contributed by atoms with van der Waals surface area (Å²) in [4.78, 5) is 12.1. The van der Waals surface area contributed by atoms with E-state index in [1.165, 1.54) is 19.2 Å². The first-order valence-electron chi connectivity index (χ1n) is 6.47. The number of aromatic nitrogens is 1. The summed E-state index contributed by atoms with van der Waals surface area (Å²) in [6, 6.07) is 4.18. The third-order valence-corrected chi connectivity index (χ3v) is 3.62. The van der Waals surface area contributed by atoms with E-state index in [1.54, 1.807) is 13.0 Å². The van der Waals surface area contributed by atoms with E-state index < -0.39 is 11.7 Å². The monoisotopic (exact) mass is 325 g/mol. The zero-order valence-electron chi connectivity index (χ0n) is 12.2. The van der Waals surface area contributed by atoms with Gasteiger partial charge in [-0.25, -0.2) is 4.39 Å². The maximum absolute atomic E-state index is 13.9. The van der Waals surface area contributed by atoms with Crippen molar-refractivity contribution in [3.05, 3.63) is 35.3 Å². The van der Waals surface area contributed by atoms with Gasteiger partial charge in [0.15, 0.2) is 11.6 Å². The lowest BCUT2D eigenvalue weighted by atomic mass is 10.2. The standard InChI is InChI=1S/C14H16FN3O3S/c1-8-12(13(16)22-18-8)14(19)17-9-3-4-11(10(15)7-9)21-6-5-20-2/h3-4,7H,5-6,16H2,1-2H3,(H,17,19). The lowest BCUT2D eigenvalue weighted by Gasteiger charge is -2.09. The number of carbonyl (C=O) groups is 1. The van der Waals surface area contributed by atoms with Crippen molar-refractivity contribution in [2.45, 2.75) is 6.92 Å². The van der Waals surface area contributed by atoms with Crippen LogP contribution in [-0.2, 0) is 4.74 Å². The summed E-state index contributed by atoms with van der Waals surface area (Å²) in [5.74, 6) is -0.888. The van der Waals surface area contributed by atoms with Crippen LogP contribution in [0.5, 0.6) is 5.75 Å². The highest BCUT2D eigenvalue weighted by Gasteiger charge is 2.17. The van der Waals surface area contributed by atoms with Gasteiger partial charge in [-0.1, -0.05) is 0 Å². The van der Waals surface area contributed by atoms with Crippen molar-refractivity contribution in [2.24, 2.45) is 0 Å². The molecule has 0 atom stereocenters.